The molecule has 5 rings (SSSR count). The zero-order valence-electron chi connectivity index (χ0n) is 14.3. The molecular formula is C20H28N2S. The van der Waals surface area contributed by atoms with Crippen LogP contribution in [-0.2, 0) is 6.54 Å². The molecule has 23 heavy (non-hydrogen) atoms. The summed E-state index contributed by atoms with van der Waals surface area (Å²) in [4.78, 5) is 2.43. The third kappa shape index (κ3) is 2.88. The minimum absolute atomic E-state index is 0.353. The van der Waals surface area contributed by atoms with Crippen molar-refractivity contribution in [1.29, 1.82) is 0 Å². The van der Waals surface area contributed by atoms with Crippen LogP contribution in [0.4, 0.5) is 0 Å². The van der Waals surface area contributed by atoms with E-state index >= 15 is 0 Å². The Morgan fingerprint density at radius 2 is 1.61 bits per heavy atom. The molecule has 0 spiro atoms. The summed E-state index contributed by atoms with van der Waals surface area (Å²) in [5.41, 5.74) is 2.96. The number of hydrogen-bond acceptors (Lipinski definition) is 1. The van der Waals surface area contributed by atoms with E-state index in [4.69, 9.17) is 12.2 Å². The van der Waals surface area contributed by atoms with Crippen LogP contribution < -0.4 is 5.32 Å². The molecule has 1 aromatic carbocycles. The van der Waals surface area contributed by atoms with Crippen molar-refractivity contribution in [3.05, 3.63) is 35.4 Å². The first-order valence-electron chi connectivity index (χ1n) is 9.11. The van der Waals surface area contributed by atoms with Crippen molar-refractivity contribution in [3.8, 4) is 0 Å². The lowest BCUT2D eigenvalue weighted by Gasteiger charge is -2.60. The summed E-state index contributed by atoms with van der Waals surface area (Å²) in [7, 11) is 2.23. The fourth-order valence-electron chi connectivity index (χ4n) is 5.69. The molecule has 0 amide bonds. The highest BCUT2D eigenvalue weighted by molar-refractivity contribution is 7.80. The Bertz CT molecular complexity index is 557. The van der Waals surface area contributed by atoms with Gasteiger partial charge in [0.05, 0.1) is 0 Å². The number of nitrogens with one attached hydrogen (secondary N) is 1. The Hall–Kier alpha value is -1.09. The van der Waals surface area contributed by atoms with Gasteiger partial charge in [0, 0.05) is 19.1 Å². The van der Waals surface area contributed by atoms with Gasteiger partial charge in [-0.05, 0) is 81.0 Å². The van der Waals surface area contributed by atoms with Gasteiger partial charge in [-0.2, -0.15) is 0 Å². The second-order valence-electron chi connectivity index (χ2n) is 8.35. The van der Waals surface area contributed by atoms with E-state index in [1.807, 2.05) is 0 Å². The highest BCUT2D eigenvalue weighted by Gasteiger charge is 2.53. The van der Waals surface area contributed by atoms with Crippen LogP contribution in [-0.4, -0.2) is 22.6 Å². The van der Waals surface area contributed by atoms with Crippen LogP contribution in [0.5, 0.6) is 0 Å². The molecule has 4 aliphatic rings. The van der Waals surface area contributed by atoms with E-state index in [-0.39, 0.29) is 0 Å². The molecule has 4 bridgehead atoms. The maximum atomic E-state index is 5.75. The van der Waals surface area contributed by atoms with E-state index in [2.05, 4.69) is 48.5 Å². The summed E-state index contributed by atoms with van der Waals surface area (Å²) in [6, 6.07) is 8.72. The Labute approximate surface area is 145 Å². The predicted molar refractivity (Wildman–Crippen MR) is 99.3 cm³/mol. The van der Waals surface area contributed by atoms with Gasteiger partial charge < -0.3 is 10.2 Å². The zero-order chi connectivity index (χ0) is 16.0. The molecule has 0 saturated heterocycles. The van der Waals surface area contributed by atoms with Crippen molar-refractivity contribution in [2.75, 3.05) is 7.05 Å². The Kier molecular flexibility index (Phi) is 3.87. The first-order chi connectivity index (χ1) is 11.0. The number of benzene rings is 1. The predicted octanol–water partition coefficient (Wildman–Crippen LogP) is 4.27. The topological polar surface area (TPSA) is 15.3 Å². The maximum absolute atomic E-state index is 5.75. The lowest BCUT2D eigenvalue weighted by molar-refractivity contribution is -0.0548. The normalized spacial score (nSPS) is 34.4. The van der Waals surface area contributed by atoms with Gasteiger partial charge in [0.1, 0.15) is 0 Å². The summed E-state index contributed by atoms with van der Waals surface area (Å²) < 4.78 is 0. The van der Waals surface area contributed by atoms with Gasteiger partial charge in [-0.25, -0.2) is 0 Å². The third-order valence-corrected chi connectivity index (χ3v) is 7.00. The highest BCUT2D eigenvalue weighted by Crippen LogP contribution is 2.57. The van der Waals surface area contributed by atoms with Gasteiger partial charge in [0.2, 0.25) is 0 Å². The van der Waals surface area contributed by atoms with Crippen molar-refractivity contribution in [1.82, 2.24) is 10.2 Å². The SMILES string of the molecule is Cc1ccc(CNC(=S)N(C)C23CC4CC(CC(C4)C2)C3)cc1. The molecule has 0 radical (unpaired) electrons. The molecule has 0 heterocycles. The van der Waals surface area contributed by atoms with Crippen LogP contribution >= 0.6 is 12.2 Å². The smallest absolute Gasteiger partial charge is 0.169 e. The molecule has 4 saturated carbocycles. The van der Waals surface area contributed by atoms with Gasteiger partial charge in [0.15, 0.2) is 5.11 Å². The van der Waals surface area contributed by atoms with Crippen LogP contribution in [0.2, 0.25) is 0 Å². The largest absolute Gasteiger partial charge is 0.358 e. The number of hydrogen-bond donors (Lipinski definition) is 1. The van der Waals surface area contributed by atoms with Crippen LogP contribution in [0.15, 0.2) is 24.3 Å². The first-order valence-corrected chi connectivity index (χ1v) is 9.52. The van der Waals surface area contributed by atoms with Gasteiger partial charge in [-0.15, -0.1) is 0 Å². The molecule has 3 heteroatoms. The quantitative estimate of drug-likeness (QED) is 0.834. The van der Waals surface area contributed by atoms with E-state index in [9.17, 15) is 0 Å². The second kappa shape index (κ2) is 5.77. The molecule has 0 aliphatic heterocycles. The number of thiocarbonyl (C=S) groups is 1. The number of rotatable bonds is 3. The zero-order valence-corrected chi connectivity index (χ0v) is 15.2. The Morgan fingerprint density at radius 1 is 1.09 bits per heavy atom. The molecule has 2 nitrogen and oxygen atoms in total. The van der Waals surface area contributed by atoms with E-state index in [1.165, 1.54) is 49.7 Å². The van der Waals surface area contributed by atoms with Gasteiger partial charge >= 0.3 is 0 Å². The van der Waals surface area contributed by atoms with Crippen molar-refractivity contribution in [2.24, 2.45) is 17.8 Å². The van der Waals surface area contributed by atoms with Crippen molar-refractivity contribution >= 4 is 17.3 Å². The Balaban J connectivity index is 1.41. The highest BCUT2D eigenvalue weighted by atomic mass is 32.1. The first kappa shape index (κ1) is 15.4. The van der Waals surface area contributed by atoms with Crippen LogP contribution in [0, 0.1) is 24.7 Å². The van der Waals surface area contributed by atoms with Crippen molar-refractivity contribution < 1.29 is 0 Å². The lowest BCUT2D eigenvalue weighted by Crippen LogP contribution is -2.61. The molecule has 0 atom stereocenters. The molecule has 4 aliphatic carbocycles. The average Bonchev–Trinajstić information content (AvgIpc) is 2.52. The van der Waals surface area contributed by atoms with Crippen molar-refractivity contribution in [3.63, 3.8) is 0 Å². The van der Waals surface area contributed by atoms with Gasteiger partial charge in [-0.3, -0.25) is 0 Å². The van der Waals surface area contributed by atoms with Gasteiger partial charge in [0.25, 0.3) is 0 Å². The van der Waals surface area contributed by atoms with Crippen LogP contribution in [0.1, 0.15) is 49.7 Å². The molecule has 0 unspecified atom stereocenters. The molecule has 0 aromatic heterocycles. The molecule has 1 N–H and O–H groups in total. The van der Waals surface area contributed by atoms with Crippen LogP contribution in [0.3, 0.4) is 0 Å². The summed E-state index contributed by atoms with van der Waals surface area (Å²) in [5.74, 6) is 2.88. The minimum Gasteiger partial charge on any atom is -0.358 e. The molecule has 124 valence electrons. The number of aryl methyl sites for hydroxylation is 1. The maximum Gasteiger partial charge on any atom is 0.169 e. The van der Waals surface area contributed by atoms with Crippen LogP contribution in [0.25, 0.3) is 0 Å². The summed E-state index contributed by atoms with van der Waals surface area (Å²) >= 11 is 5.75. The fourth-order valence-corrected chi connectivity index (χ4v) is 5.96. The number of nitrogens with zero attached hydrogens (tertiary/aromatic N) is 1. The van der Waals surface area contributed by atoms with E-state index < -0.39 is 0 Å². The fraction of sp³-hybridized carbons (Fsp3) is 0.650. The summed E-state index contributed by atoms with van der Waals surface area (Å²) in [6.45, 7) is 2.96. The molecular weight excluding hydrogens is 300 g/mol. The van der Waals surface area contributed by atoms with Crippen molar-refractivity contribution in [2.45, 2.75) is 57.5 Å². The third-order valence-electron chi connectivity index (χ3n) is 6.59. The molecule has 4 fully saturated rings. The summed E-state index contributed by atoms with van der Waals surface area (Å²) in [6.07, 6.45) is 8.54. The van der Waals surface area contributed by atoms with E-state index in [1.54, 1.807) is 0 Å². The monoisotopic (exact) mass is 328 g/mol. The Morgan fingerprint density at radius 3 is 2.13 bits per heavy atom. The standard InChI is InChI=1S/C20H28N2S/c1-14-3-5-15(6-4-14)13-21-19(23)22(2)20-10-16-7-17(11-20)9-18(8-16)12-20/h3-6,16-18H,7-13H2,1-2H3,(H,21,23). The average molecular weight is 329 g/mol. The van der Waals surface area contributed by atoms with Gasteiger partial charge in [-0.1, -0.05) is 29.8 Å². The minimum atomic E-state index is 0.353. The second-order valence-corrected chi connectivity index (χ2v) is 8.73. The molecule has 1 aromatic rings. The summed E-state index contributed by atoms with van der Waals surface area (Å²) in [5, 5.41) is 4.44. The van der Waals surface area contributed by atoms with E-state index in [0.717, 1.165) is 29.4 Å². The van der Waals surface area contributed by atoms with E-state index in [0.29, 0.717) is 5.54 Å². The lowest BCUT2D eigenvalue weighted by atomic mass is 9.52.